The van der Waals surface area contributed by atoms with Gasteiger partial charge >= 0.3 is 5.97 Å². The van der Waals surface area contributed by atoms with Gasteiger partial charge in [-0.1, -0.05) is 0 Å². The molecule has 1 saturated heterocycles. The average molecular weight is 240 g/mol. The minimum atomic E-state index is -0.161. The summed E-state index contributed by atoms with van der Waals surface area (Å²) in [6, 6.07) is 0.685. The van der Waals surface area contributed by atoms with Crippen molar-refractivity contribution in [3.8, 4) is 0 Å². The second-order valence-electron chi connectivity index (χ2n) is 5.04. The van der Waals surface area contributed by atoms with Crippen LogP contribution in [0.25, 0.3) is 0 Å². The molecule has 2 fully saturated rings. The fourth-order valence-electron chi connectivity index (χ4n) is 2.60. The van der Waals surface area contributed by atoms with E-state index >= 15 is 0 Å². The highest BCUT2D eigenvalue weighted by Gasteiger charge is 2.38. The Morgan fingerprint density at radius 3 is 2.53 bits per heavy atom. The van der Waals surface area contributed by atoms with E-state index in [2.05, 4.69) is 10.2 Å². The van der Waals surface area contributed by atoms with Crippen LogP contribution >= 0.6 is 0 Å². The molecule has 0 aromatic heterocycles. The Hall–Kier alpha value is -1.10. The van der Waals surface area contributed by atoms with E-state index in [4.69, 9.17) is 4.74 Å². The maximum atomic E-state index is 11.6. The first-order valence-electron chi connectivity index (χ1n) is 6.19. The van der Waals surface area contributed by atoms with Gasteiger partial charge in [-0.05, 0) is 19.3 Å². The van der Waals surface area contributed by atoms with Gasteiger partial charge in [0.1, 0.15) is 0 Å². The van der Waals surface area contributed by atoms with Crippen molar-refractivity contribution in [3.63, 3.8) is 0 Å². The minimum Gasteiger partial charge on any atom is -0.469 e. The Bertz CT molecular complexity index is 315. The molecule has 2 unspecified atom stereocenters. The molecule has 1 N–H and O–H groups in total. The number of carbonyl (C=O) groups excluding carboxylic acids is 2. The number of nitrogens with one attached hydrogen (secondary N) is 1. The first kappa shape index (κ1) is 12.4. The van der Waals surface area contributed by atoms with Gasteiger partial charge in [0.25, 0.3) is 0 Å². The van der Waals surface area contributed by atoms with Gasteiger partial charge in [0.05, 0.1) is 13.0 Å². The maximum Gasteiger partial charge on any atom is 0.310 e. The fourth-order valence-corrected chi connectivity index (χ4v) is 2.60. The molecule has 96 valence electrons. The van der Waals surface area contributed by atoms with Gasteiger partial charge in [-0.2, -0.15) is 0 Å². The van der Waals surface area contributed by atoms with E-state index in [1.807, 2.05) is 0 Å². The predicted molar refractivity (Wildman–Crippen MR) is 62.3 cm³/mol. The van der Waals surface area contributed by atoms with E-state index in [1.165, 1.54) is 26.9 Å². The number of nitrogens with zero attached hydrogens (tertiary/aromatic N) is 1. The Balaban J connectivity index is 1.98. The summed E-state index contributed by atoms with van der Waals surface area (Å²) in [4.78, 5) is 25.0. The van der Waals surface area contributed by atoms with E-state index in [0.717, 1.165) is 13.1 Å². The second kappa shape index (κ2) is 5.04. The van der Waals surface area contributed by atoms with Crippen LogP contribution in [0.3, 0.4) is 0 Å². The first-order valence-corrected chi connectivity index (χ1v) is 6.19. The van der Waals surface area contributed by atoms with Crippen LogP contribution in [-0.4, -0.2) is 49.1 Å². The summed E-state index contributed by atoms with van der Waals surface area (Å²) in [7, 11) is 1.42. The van der Waals surface area contributed by atoms with Crippen molar-refractivity contribution in [1.29, 1.82) is 0 Å². The minimum absolute atomic E-state index is 0.0312. The van der Waals surface area contributed by atoms with Gasteiger partial charge in [0, 0.05) is 32.1 Å². The van der Waals surface area contributed by atoms with E-state index < -0.39 is 0 Å². The number of ether oxygens (including phenoxy) is 1. The zero-order valence-corrected chi connectivity index (χ0v) is 10.4. The SMILES string of the molecule is COC(=O)C1CC(NC(C)=O)CN(C2CC2)C1. The summed E-state index contributed by atoms with van der Waals surface area (Å²) in [5.74, 6) is -0.298. The summed E-state index contributed by atoms with van der Waals surface area (Å²) >= 11 is 0. The number of esters is 1. The summed E-state index contributed by atoms with van der Waals surface area (Å²) in [5.41, 5.74) is 0. The van der Waals surface area contributed by atoms with Crippen molar-refractivity contribution in [1.82, 2.24) is 10.2 Å². The average Bonchev–Trinajstić information content (AvgIpc) is 3.10. The lowest BCUT2D eigenvalue weighted by atomic mass is 9.94. The molecule has 2 aliphatic rings. The highest BCUT2D eigenvalue weighted by Crippen LogP contribution is 2.31. The zero-order chi connectivity index (χ0) is 12.4. The van der Waals surface area contributed by atoms with Crippen molar-refractivity contribution in [2.75, 3.05) is 20.2 Å². The predicted octanol–water partition coefficient (Wildman–Crippen LogP) is 0.148. The molecule has 5 nitrogen and oxygen atoms in total. The van der Waals surface area contributed by atoms with Crippen molar-refractivity contribution < 1.29 is 14.3 Å². The van der Waals surface area contributed by atoms with Gasteiger partial charge in [-0.25, -0.2) is 0 Å². The fraction of sp³-hybridized carbons (Fsp3) is 0.833. The van der Waals surface area contributed by atoms with Gasteiger partial charge in [0.2, 0.25) is 5.91 Å². The van der Waals surface area contributed by atoms with Gasteiger partial charge in [-0.3, -0.25) is 14.5 Å². The molecule has 1 saturated carbocycles. The lowest BCUT2D eigenvalue weighted by Crippen LogP contribution is -2.52. The molecule has 2 rings (SSSR count). The Labute approximate surface area is 101 Å². The molecule has 5 heteroatoms. The number of amides is 1. The molecular formula is C12H20N2O3. The van der Waals surface area contributed by atoms with E-state index in [-0.39, 0.29) is 23.8 Å². The van der Waals surface area contributed by atoms with Crippen LogP contribution < -0.4 is 5.32 Å². The molecule has 17 heavy (non-hydrogen) atoms. The Morgan fingerprint density at radius 1 is 1.29 bits per heavy atom. The highest BCUT2D eigenvalue weighted by molar-refractivity contribution is 5.74. The largest absolute Gasteiger partial charge is 0.469 e. The molecule has 0 aromatic carbocycles. The van der Waals surface area contributed by atoms with E-state index in [1.54, 1.807) is 0 Å². The molecule has 1 amide bonds. The van der Waals surface area contributed by atoms with Crippen molar-refractivity contribution in [2.24, 2.45) is 5.92 Å². The zero-order valence-electron chi connectivity index (χ0n) is 10.4. The Morgan fingerprint density at radius 2 is 2.00 bits per heavy atom. The standard InChI is InChI=1S/C12H20N2O3/c1-8(15)13-10-5-9(12(16)17-2)6-14(7-10)11-3-4-11/h9-11H,3-7H2,1-2H3,(H,13,15). The highest BCUT2D eigenvalue weighted by atomic mass is 16.5. The van der Waals surface area contributed by atoms with Crippen molar-refractivity contribution in [2.45, 2.75) is 38.3 Å². The quantitative estimate of drug-likeness (QED) is 0.713. The molecule has 0 aromatic rings. The summed E-state index contributed by atoms with van der Waals surface area (Å²) in [6.45, 7) is 3.15. The molecule has 1 aliphatic carbocycles. The summed E-state index contributed by atoms with van der Waals surface area (Å²) < 4.78 is 4.81. The van der Waals surface area contributed by atoms with Gasteiger partial charge in [-0.15, -0.1) is 0 Å². The van der Waals surface area contributed by atoms with Crippen LogP contribution in [-0.2, 0) is 14.3 Å². The monoisotopic (exact) mass is 240 g/mol. The van der Waals surface area contributed by atoms with Crippen LogP contribution in [0, 0.1) is 5.92 Å². The lowest BCUT2D eigenvalue weighted by molar-refractivity contribution is -0.148. The number of rotatable bonds is 3. The number of likely N-dealkylation sites (tertiary alicyclic amines) is 1. The van der Waals surface area contributed by atoms with Crippen LogP contribution in [0.15, 0.2) is 0 Å². The van der Waals surface area contributed by atoms with E-state index in [9.17, 15) is 9.59 Å². The second-order valence-corrected chi connectivity index (χ2v) is 5.04. The third-order valence-electron chi connectivity index (χ3n) is 3.48. The smallest absolute Gasteiger partial charge is 0.310 e. The maximum absolute atomic E-state index is 11.6. The van der Waals surface area contributed by atoms with Crippen molar-refractivity contribution in [3.05, 3.63) is 0 Å². The third kappa shape index (κ3) is 3.19. The number of carbonyl (C=O) groups is 2. The van der Waals surface area contributed by atoms with Gasteiger partial charge in [0.15, 0.2) is 0 Å². The lowest BCUT2D eigenvalue weighted by Gasteiger charge is -2.36. The molecular weight excluding hydrogens is 220 g/mol. The van der Waals surface area contributed by atoms with Crippen LogP contribution in [0.5, 0.6) is 0 Å². The molecule has 0 bridgehead atoms. The summed E-state index contributed by atoms with van der Waals surface area (Å²) in [6.07, 6.45) is 3.11. The van der Waals surface area contributed by atoms with Crippen LogP contribution in [0.2, 0.25) is 0 Å². The van der Waals surface area contributed by atoms with Gasteiger partial charge < -0.3 is 10.1 Å². The van der Waals surface area contributed by atoms with E-state index in [0.29, 0.717) is 12.5 Å². The molecule has 0 radical (unpaired) electrons. The summed E-state index contributed by atoms with van der Waals surface area (Å²) in [5, 5.41) is 2.91. The number of piperidine rings is 1. The van der Waals surface area contributed by atoms with Crippen LogP contribution in [0.4, 0.5) is 0 Å². The van der Waals surface area contributed by atoms with Crippen molar-refractivity contribution >= 4 is 11.9 Å². The molecule has 1 aliphatic heterocycles. The van der Waals surface area contributed by atoms with Crippen LogP contribution in [0.1, 0.15) is 26.2 Å². The third-order valence-corrected chi connectivity index (χ3v) is 3.48. The normalized spacial score (nSPS) is 29.8. The topological polar surface area (TPSA) is 58.6 Å². The number of hydrogen-bond donors (Lipinski definition) is 1. The molecule has 0 spiro atoms. The number of hydrogen-bond acceptors (Lipinski definition) is 4. The Kier molecular flexibility index (Phi) is 3.66. The molecule has 2 atom stereocenters. The number of methoxy groups -OCH3 is 1. The first-order chi connectivity index (χ1) is 8.10. The molecule has 1 heterocycles.